The molecule has 1 saturated heterocycles. The van der Waals surface area contributed by atoms with Crippen molar-refractivity contribution >= 4 is 50.3 Å². The van der Waals surface area contributed by atoms with Crippen LogP contribution in [0.2, 0.25) is 0 Å². The second-order valence-electron chi connectivity index (χ2n) is 16.1. The third-order valence-corrected chi connectivity index (χ3v) is 14.1. The first kappa shape index (κ1) is 37.4. The zero-order valence-corrected chi connectivity index (χ0v) is 31.6. The summed E-state index contributed by atoms with van der Waals surface area (Å²) in [6.07, 6.45) is 12.6. The van der Waals surface area contributed by atoms with Gasteiger partial charge in [-0.25, -0.2) is 13.4 Å². The molecule has 2 amide bonds. The summed E-state index contributed by atoms with van der Waals surface area (Å²) in [6, 6.07) is 5.07. The highest BCUT2D eigenvalue weighted by Gasteiger charge is 2.61. The summed E-state index contributed by atoms with van der Waals surface area (Å²) in [7, 11) is -3.83. The smallest absolute Gasteiger partial charge is 0.240 e. The van der Waals surface area contributed by atoms with E-state index in [0.29, 0.717) is 31.7 Å². The van der Waals surface area contributed by atoms with E-state index in [0.717, 1.165) is 54.0 Å². The third-order valence-electron chi connectivity index (χ3n) is 12.3. The van der Waals surface area contributed by atoms with Crippen LogP contribution >= 0.6 is 0 Å². The van der Waals surface area contributed by atoms with Crippen LogP contribution in [0.4, 0.5) is 0 Å². The number of aromatic nitrogens is 1. The number of nitrogens with zero attached hydrogens (tertiary/aromatic N) is 2. The number of ketones is 2. The number of benzene rings is 1. The van der Waals surface area contributed by atoms with Gasteiger partial charge in [0.25, 0.3) is 0 Å². The van der Waals surface area contributed by atoms with Gasteiger partial charge in [0.2, 0.25) is 27.7 Å². The van der Waals surface area contributed by atoms with E-state index in [4.69, 9.17) is 9.47 Å². The second-order valence-corrected chi connectivity index (χ2v) is 18.0. The maximum absolute atomic E-state index is 14.9. The minimum Gasteiger partial charge on any atom is -0.472 e. The highest BCUT2D eigenvalue weighted by molar-refractivity contribution is 7.90. The summed E-state index contributed by atoms with van der Waals surface area (Å²) >= 11 is 0. The molecule has 3 heterocycles. The molecule has 2 aromatic rings. The largest absolute Gasteiger partial charge is 0.472 e. The summed E-state index contributed by atoms with van der Waals surface area (Å²) in [6.45, 7) is 8.38. The summed E-state index contributed by atoms with van der Waals surface area (Å²) in [5.41, 5.74) is 0.763. The number of sulfonamides is 1. The number of carbonyl (C=O) groups is 4. The molecule has 1 aromatic heterocycles. The molecule has 7 rings (SSSR count). The SMILES string of the molecule is C=C[C@@H]1C[C@]1(CC(=O)[C@@H]1C[C@@H]2CN1C(=O)[C@H](C1CCCCC1)CC(=O)[C@@H](C)COC/C=C/c1cc3c(nccc3cc1C)O2)C(=O)NS(=O)(=O)C1CC1. The first-order chi connectivity index (χ1) is 25.4. The first-order valence-corrected chi connectivity index (χ1v) is 20.8. The number of nitrogens with one attached hydrogen (secondary N) is 1. The van der Waals surface area contributed by atoms with Gasteiger partial charge in [0.05, 0.1) is 36.5 Å². The predicted octanol–water partition coefficient (Wildman–Crippen LogP) is 5.49. The Bertz CT molecular complexity index is 1930. The monoisotopic (exact) mass is 745 g/mol. The van der Waals surface area contributed by atoms with Crippen molar-refractivity contribution in [2.24, 2.45) is 29.1 Å². The normalized spacial score (nSPS) is 30.7. The molecule has 0 radical (unpaired) electrons. The van der Waals surface area contributed by atoms with Crippen LogP contribution in [0, 0.1) is 36.0 Å². The van der Waals surface area contributed by atoms with Crippen molar-refractivity contribution in [2.75, 3.05) is 19.8 Å². The minimum atomic E-state index is -3.83. The van der Waals surface area contributed by atoms with Gasteiger partial charge >= 0.3 is 0 Å². The molecule has 3 saturated carbocycles. The van der Waals surface area contributed by atoms with E-state index in [2.05, 4.69) is 22.4 Å². The zero-order valence-electron chi connectivity index (χ0n) is 30.8. The third kappa shape index (κ3) is 7.85. The number of rotatable bonds is 8. The average Bonchev–Trinajstić information content (AvgIpc) is 4.07. The highest BCUT2D eigenvalue weighted by Crippen LogP contribution is 2.57. The van der Waals surface area contributed by atoms with Crippen LogP contribution in [0.25, 0.3) is 16.8 Å². The molecule has 4 bridgehead atoms. The Morgan fingerprint density at radius 1 is 1.13 bits per heavy atom. The standard InChI is InChI=1S/C41H51N3O8S/c1-4-30-21-41(30,40(48)43-53(49,50)32-12-13-32)22-37(46)35-19-31-23-44(35)39(47)34(27-9-6-5-7-10-27)20-36(45)26(3)24-51-16-8-11-28-18-33-29(17-25(28)2)14-15-42-38(33)52-31/h4,8,11,14-15,17-18,26-27,30-32,34-35H,1,5-7,9-10,12-13,16,19-24H2,2-3H3,(H,43,48)/b11-8+/t26-,30+,31+,34-,35-,41+/m0/s1. The number of hydrogen-bond acceptors (Lipinski definition) is 9. The Labute approximate surface area is 312 Å². The maximum atomic E-state index is 14.9. The number of amides is 2. The molecule has 3 aliphatic carbocycles. The van der Waals surface area contributed by atoms with Gasteiger partial charge in [-0.1, -0.05) is 50.5 Å². The molecule has 11 nitrogen and oxygen atoms in total. The highest BCUT2D eigenvalue weighted by atomic mass is 32.2. The van der Waals surface area contributed by atoms with E-state index in [1.54, 1.807) is 17.2 Å². The summed E-state index contributed by atoms with van der Waals surface area (Å²) in [5, 5.41) is 1.15. The molecule has 6 atom stereocenters. The Hall–Kier alpha value is -3.90. The van der Waals surface area contributed by atoms with E-state index in [-0.39, 0.29) is 61.7 Å². The molecule has 0 unspecified atom stereocenters. The van der Waals surface area contributed by atoms with E-state index < -0.39 is 50.6 Å². The van der Waals surface area contributed by atoms with E-state index in [1.807, 2.05) is 38.1 Å². The minimum absolute atomic E-state index is 0.00251. The average molecular weight is 746 g/mol. The van der Waals surface area contributed by atoms with Crippen LogP contribution in [0.3, 0.4) is 0 Å². The van der Waals surface area contributed by atoms with Crippen LogP contribution in [0.5, 0.6) is 5.88 Å². The molecular weight excluding hydrogens is 695 g/mol. The van der Waals surface area contributed by atoms with Gasteiger partial charge in [-0.05, 0) is 79.5 Å². The molecular formula is C41H51N3O8S. The maximum Gasteiger partial charge on any atom is 0.240 e. The fourth-order valence-electron chi connectivity index (χ4n) is 8.70. The number of carbonyl (C=O) groups excluding carboxylic acids is 4. The van der Waals surface area contributed by atoms with Gasteiger partial charge in [-0.2, -0.15) is 0 Å². The second kappa shape index (κ2) is 15.1. The van der Waals surface area contributed by atoms with Crippen molar-refractivity contribution < 1.29 is 37.1 Å². The Morgan fingerprint density at radius 2 is 1.91 bits per heavy atom. The van der Waals surface area contributed by atoms with Gasteiger partial charge in [-0.3, -0.25) is 23.9 Å². The van der Waals surface area contributed by atoms with Crippen LogP contribution in [0.15, 0.2) is 43.1 Å². The van der Waals surface area contributed by atoms with Gasteiger partial charge in [0.1, 0.15) is 11.9 Å². The van der Waals surface area contributed by atoms with Crippen molar-refractivity contribution in [2.45, 2.75) is 102 Å². The topological polar surface area (TPSA) is 149 Å². The molecule has 1 aromatic carbocycles. The number of pyridine rings is 1. The molecule has 4 fully saturated rings. The molecule has 53 heavy (non-hydrogen) atoms. The van der Waals surface area contributed by atoms with Crippen molar-refractivity contribution in [1.82, 2.24) is 14.6 Å². The van der Waals surface area contributed by atoms with Crippen molar-refractivity contribution in [3.8, 4) is 5.88 Å². The van der Waals surface area contributed by atoms with E-state index >= 15 is 0 Å². The van der Waals surface area contributed by atoms with Crippen LogP contribution in [-0.2, 0) is 33.9 Å². The Morgan fingerprint density at radius 3 is 2.62 bits per heavy atom. The van der Waals surface area contributed by atoms with E-state index in [1.165, 1.54) is 0 Å². The number of allylic oxidation sites excluding steroid dienone is 1. The number of Topliss-reactive ketones (excluding diaryl/α,β-unsaturated/α-hetero) is 2. The van der Waals surface area contributed by atoms with Crippen molar-refractivity contribution in [1.29, 1.82) is 0 Å². The summed E-state index contributed by atoms with van der Waals surface area (Å²) in [4.78, 5) is 62.9. The zero-order chi connectivity index (χ0) is 37.5. The summed E-state index contributed by atoms with van der Waals surface area (Å²) < 4.78 is 40.3. The fraction of sp³-hybridized carbons (Fsp3) is 0.585. The number of aryl methyl sites for hydroxylation is 1. The molecule has 5 aliphatic rings. The number of fused-ring (bicyclic) bond motifs is 3. The summed E-state index contributed by atoms with van der Waals surface area (Å²) in [5.74, 6) is -2.32. The van der Waals surface area contributed by atoms with Crippen LogP contribution < -0.4 is 9.46 Å². The van der Waals surface area contributed by atoms with Gasteiger partial charge in [-0.15, -0.1) is 6.58 Å². The van der Waals surface area contributed by atoms with Gasteiger partial charge in [0, 0.05) is 42.7 Å². The lowest BCUT2D eigenvalue weighted by atomic mass is 9.76. The molecule has 284 valence electrons. The quantitative estimate of drug-likeness (QED) is 0.347. The Kier molecular flexibility index (Phi) is 10.7. The van der Waals surface area contributed by atoms with Gasteiger partial charge < -0.3 is 14.4 Å². The van der Waals surface area contributed by atoms with Crippen molar-refractivity contribution in [3.05, 3.63) is 54.3 Å². The first-order valence-electron chi connectivity index (χ1n) is 19.2. The fourth-order valence-corrected chi connectivity index (χ4v) is 10.1. The molecule has 2 aliphatic heterocycles. The lowest BCUT2D eigenvalue weighted by molar-refractivity contribution is -0.145. The Balaban J connectivity index is 1.23. The number of ether oxygens (including phenoxy) is 2. The molecule has 1 N–H and O–H groups in total. The van der Waals surface area contributed by atoms with Crippen LogP contribution in [-0.4, -0.2) is 78.8 Å². The van der Waals surface area contributed by atoms with Crippen molar-refractivity contribution in [3.63, 3.8) is 0 Å². The number of hydrogen-bond donors (Lipinski definition) is 1. The lowest BCUT2D eigenvalue weighted by Gasteiger charge is -2.34. The van der Waals surface area contributed by atoms with E-state index in [9.17, 15) is 27.6 Å². The molecule has 12 heteroatoms. The lowest BCUT2D eigenvalue weighted by Crippen LogP contribution is -2.48. The van der Waals surface area contributed by atoms with Crippen LogP contribution in [0.1, 0.15) is 88.7 Å². The molecule has 0 spiro atoms. The predicted molar refractivity (Wildman–Crippen MR) is 200 cm³/mol. The van der Waals surface area contributed by atoms with Gasteiger partial charge in [0.15, 0.2) is 5.78 Å².